The minimum atomic E-state index is -0.327. The summed E-state index contributed by atoms with van der Waals surface area (Å²) in [6.45, 7) is 2.16. The number of ether oxygens (including phenoxy) is 1. The minimum Gasteiger partial charge on any atom is -0.457 e. The highest BCUT2D eigenvalue weighted by molar-refractivity contribution is 5.89. The highest BCUT2D eigenvalue weighted by Gasteiger charge is 2.09. The van der Waals surface area contributed by atoms with E-state index in [2.05, 4.69) is 0 Å². The summed E-state index contributed by atoms with van der Waals surface area (Å²) in [4.78, 5) is 11.9. The third-order valence-electron chi connectivity index (χ3n) is 2.86. The zero-order chi connectivity index (χ0) is 13.7. The predicted molar refractivity (Wildman–Crippen MR) is 74.6 cm³/mol. The summed E-state index contributed by atoms with van der Waals surface area (Å²) in [5, 5.41) is 0. The van der Waals surface area contributed by atoms with Crippen LogP contribution in [0.4, 0.5) is 0 Å². The summed E-state index contributed by atoms with van der Waals surface area (Å²) in [6.07, 6.45) is 0. The van der Waals surface area contributed by atoms with Crippen molar-refractivity contribution in [3.8, 4) is 0 Å². The van der Waals surface area contributed by atoms with Gasteiger partial charge in [0, 0.05) is 6.04 Å². The van der Waals surface area contributed by atoms with Gasteiger partial charge in [0.05, 0.1) is 5.56 Å². The van der Waals surface area contributed by atoms with E-state index in [1.54, 1.807) is 12.1 Å². The average molecular weight is 255 g/mol. The van der Waals surface area contributed by atoms with Crippen molar-refractivity contribution in [2.45, 2.75) is 19.6 Å². The standard InChI is InChI=1S/C16H17NO2/c1-12(17)14-8-5-9-15(10-14)16(18)19-11-13-6-3-2-4-7-13/h2-10,12H,11,17H2,1H3/t12-/m1/s1. The lowest BCUT2D eigenvalue weighted by molar-refractivity contribution is 0.0472. The fourth-order valence-corrected chi connectivity index (χ4v) is 1.76. The molecule has 0 amide bonds. The molecule has 0 aliphatic carbocycles. The minimum absolute atomic E-state index is 0.0955. The molecule has 2 rings (SSSR count). The van der Waals surface area contributed by atoms with E-state index >= 15 is 0 Å². The Labute approximate surface area is 113 Å². The van der Waals surface area contributed by atoms with Crippen LogP contribution >= 0.6 is 0 Å². The lowest BCUT2D eigenvalue weighted by Gasteiger charge is -2.08. The number of carbonyl (C=O) groups excluding carboxylic acids is 1. The number of benzene rings is 2. The Morgan fingerprint density at radius 3 is 2.58 bits per heavy atom. The Kier molecular flexibility index (Phi) is 4.31. The molecule has 0 heterocycles. The number of esters is 1. The molecule has 0 aliphatic heterocycles. The van der Waals surface area contributed by atoms with Crippen LogP contribution in [0.15, 0.2) is 54.6 Å². The highest BCUT2D eigenvalue weighted by Crippen LogP contribution is 2.13. The Hall–Kier alpha value is -2.13. The van der Waals surface area contributed by atoms with Gasteiger partial charge >= 0.3 is 5.97 Å². The zero-order valence-electron chi connectivity index (χ0n) is 10.9. The first-order valence-electron chi connectivity index (χ1n) is 6.23. The fraction of sp³-hybridized carbons (Fsp3) is 0.188. The van der Waals surface area contributed by atoms with Gasteiger partial charge in [-0.2, -0.15) is 0 Å². The van der Waals surface area contributed by atoms with Crippen molar-refractivity contribution in [1.29, 1.82) is 0 Å². The van der Waals surface area contributed by atoms with Gasteiger partial charge in [-0.1, -0.05) is 42.5 Å². The van der Waals surface area contributed by atoms with Gasteiger partial charge in [0.15, 0.2) is 0 Å². The third-order valence-corrected chi connectivity index (χ3v) is 2.86. The molecule has 0 aromatic heterocycles. The van der Waals surface area contributed by atoms with Crippen molar-refractivity contribution < 1.29 is 9.53 Å². The van der Waals surface area contributed by atoms with Crippen LogP contribution in [0.3, 0.4) is 0 Å². The van der Waals surface area contributed by atoms with Crippen LogP contribution in [0.1, 0.15) is 34.5 Å². The van der Waals surface area contributed by atoms with Gasteiger partial charge in [0.25, 0.3) is 0 Å². The van der Waals surface area contributed by atoms with E-state index in [1.165, 1.54) is 0 Å². The maximum Gasteiger partial charge on any atom is 0.338 e. The maximum absolute atomic E-state index is 11.9. The van der Waals surface area contributed by atoms with E-state index in [-0.39, 0.29) is 18.6 Å². The molecule has 98 valence electrons. The molecule has 0 unspecified atom stereocenters. The van der Waals surface area contributed by atoms with E-state index in [9.17, 15) is 4.79 Å². The summed E-state index contributed by atoms with van der Waals surface area (Å²) < 4.78 is 5.27. The molecule has 2 aromatic carbocycles. The summed E-state index contributed by atoms with van der Waals surface area (Å²) >= 11 is 0. The van der Waals surface area contributed by atoms with Crippen LogP contribution in [-0.2, 0) is 11.3 Å². The SMILES string of the molecule is C[C@@H](N)c1cccc(C(=O)OCc2ccccc2)c1. The molecule has 3 nitrogen and oxygen atoms in total. The molecule has 0 radical (unpaired) electrons. The van der Waals surface area contributed by atoms with Crippen molar-refractivity contribution in [2.75, 3.05) is 0 Å². The first kappa shape index (κ1) is 13.3. The molecular formula is C16H17NO2. The molecule has 0 spiro atoms. The van der Waals surface area contributed by atoms with E-state index in [1.807, 2.05) is 49.4 Å². The van der Waals surface area contributed by atoms with Crippen LogP contribution in [0.25, 0.3) is 0 Å². The third kappa shape index (κ3) is 3.66. The largest absolute Gasteiger partial charge is 0.457 e. The van der Waals surface area contributed by atoms with E-state index in [0.29, 0.717) is 5.56 Å². The number of carbonyl (C=O) groups is 1. The van der Waals surface area contributed by atoms with Gasteiger partial charge < -0.3 is 10.5 Å². The van der Waals surface area contributed by atoms with Gasteiger partial charge in [0.1, 0.15) is 6.61 Å². The van der Waals surface area contributed by atoms with Gasteiger partial charge in [-0.15, -0.1) is 0 Å². The first-order valence-corrected chi connectivity index (χ1v) is 6.23. The molecule has 3 heteroatoms. The normalized spacial score (nSPS) is 11.9. The van der Waals surface area contributed by atoms with Crippen molar-refractivity contribution in [2.24, 2.45) is 5.73 Å². The number of nitrogens with two attached hydrogens (primary N) is 1. The lowest BCUT2D eigenvalue weighted by Crippen LogP contribution is -2.09. The van der Waals surface area contributed by atoms with E-state index < -0.39 is 0 Å². The molecule has 19 heavy (non-hydrogen) atoms. The highest BCUT2D eigenvalue weighted by atomic mass is 16.5. The van der Waals surface area contributed by atoms with Crippen molar-refractivity contribution in [1.82, 2.24) is 0 Å². The van der Waals surface area contributed by atoms with Crippen molar-refractivity contribution >= 4 is 5.97 Å². The summed E-state index contributed by atoms with van der Waals surface area (Å²) in [6, 6.07) is 16.7. The summed E-state index contributed by atoms with van der Waals surface area (Å²) in [7, 11) is 0. The first-order chi connectivity index (χ1) is 9.16. The van der Waals surface area contributed by atoms with E-state index in [4.69, 9.17) is 10.5 Å². The van der Waals surface area contributed by atoms with Gasteiger partial charge in [-0.25, -0.2) is 4.79 Å². The number of hydrogen-bond acceptors (Lipinski definition) is 3. The van der Waals surface area contributed by atoms with Gasteiger partial charge in [-0.3, -0.25) is 0 Å². The topological polar surface area (TPSA) is 52.3 Å². The Balaban J connectivity index is 2.02. The quantitative estimate of drug-likeness (QED) is 0.854. The molecule has 0 bridgehead atoms. The monoisotopic (exact) mass is 255 g/mol. The maximum atomic E-state index is 11.9. The Bertz CT molecular complexity index is 550. The van der Waals surface area contributed by atoms with Gasteiger partial charge in [-0.05, 0) is 30.2 Å². The van der Waals surface area contributed by atoms with Crippen LogP contribution in [0.5, 0.6) is 0 Å². The second-order valence-electron chi connectivity index (χ2n) is 4.48. The second kappa shape index (κ2) is 6.16. The fourth-order valence-electron chi connectivity index (χ4n) is 1.76. The van der Waals surface area contributed by atoms with Crippen LogP contribution in [0, 0.1) is 0 Å². The number of rotatable bonds is 4. The lowest BCUT2D eigenvalue weighted by atomic mass is 10.1. The molecule has 2 N–H and O–H groups in total. The molecule has 2 aromatic rings. The summed E-state index contributed by atoms with van der Waals surface area (Å²) in [5.41, 5.74) is 8.23. The molecule has 0 fully saturated rings. The van der Waals surface area contributed by atoms with Crippen molar-refractivity contribution in [3.63, 3.8) is 0 Å². The molecular weight excluding hydrogens is 238 g/mol. The average Bonchev–Trinajstić information content (AvgIpc) is 2.46. The van der Waals surface area contributed by atoms with Crippen molar-refractivity contribution in [3.05, 3.63) is 71.3 Å². The molecule has 0 saturated heterocycles. The smallest absolute Gasteiger partial charge is 0.338 e. The molecule has 1 atom stereocenters. The van der Waals surface area contributed by atoms with Crippen LogP contribution in [0.2, 0.25) is 0 Å². The van der Waals surface area contributed by atoms with Gasteiger partial charge in [0.2, 0.25) is 0 Å². The second-order valence-corrected chi connectivity index (χ2v) is 4.48. The molecule has 0 saturated carbocycles. The zero-order valence-corrected chi connectivity index (χ0v) is 10.9. The number of hydrogen-bond donors (Lipinski definition) is 1. The van der Waals surface area contributed by atoms with E-state index in [0.717, 1.165) is 11.1 Å². The van der Waals surface area contributed by atoms with Crippen LogP contribution in [-0.4, -0.2) is 5.97 Å². The molecule has 0 aliphatic rings. The van der Waals surface area contributed by atoms with Crippen LogP contribution < -0.4 is 5.73 Å². The summed E-state index contributed by atoms with van der Waals surface area (Å²) in [5.74, 6) is -0.327. The predicted octanol–water partition coefficient (Wildman–Crippen LogP) is 3.06. The Morgan fingerprint density at radius 1 is 1.16 bits per heavy atom. The Morgan fingerprint density at radius 2 is 1.89 bits per heavy atom.